The molecule has 0 aliphatic heterocycles. The lowest BCUT2D eigenvalue weighted by Crippen LogP contribution is -2.15. The Labute approximate surface area is 107 Å². The Kier molecular flexibility index (Phi) is 4.28. The van der Waals surface area contributed by atoms with Crippen LogP contribution in [0.4, 0.5) is 0 Å². The van der Waals surface area contributed by atoms with Gasteiger partial charge in [0.1, 0.15) is 11.8 Å². The number of rotatable bonds is 2. The summed E-state index contributed by atoms with van der Waals surface area (Å²) in [5.41, 5.74) is 0.568. The number of benzene rings is 1. The molecule has 1 aromatic carbocycles. The molecular weight excluding hydrogens is 234 g/mol. The Bertz CT molecular complexity index is 417. The predicted octanol–water partition coefficient (Wildman–Crippen LogP) is 4.31. The molecule has 3 heteroatoms. The lowest BCUT2D eigenvalue weighted by atomic mass is 10.1. The topological polar surface area (TPSA) is 33.0 Å². The maximum Gasteiger partial charge on any atom is 0.138 e. The van der Waals surface area contributed by atoms with Gasteiger partial charge in [0.25, 0.3) is 0 Å². The van der Waals surface area contributed by atoms with Crippen molar-refractivity contribution in [1.29, 1.82) is 5.26 Å². The molecular formula is C14H16ClNO. The minimum Gasteiger partial charge on any atom is -0.489 e. The second-order valence-electron chi connectivity index (χ2n) is 4.48. The molecule has 0 aromatic heterocycles. The highest BCUT2D eigenvalue weighted by molar-refractivity contribution is 6.30. The van der Waals surface area contributed by atoms with Crippen LogP contribution in [-0.2, 0) is 0 Å². The van der Waals surface area contributed by atoms with Crippen LogP contribution in [0.3, 0.4) is 0 Å². The zero-order valence-electron chi connectivity index (χ0n) is 9.79. The third kappa shape index (κ3) is 3.38. The molecule has 1 aliphatic rings. The molecule has 0 N–H and O–H groups in total. The minimum atomic E-state index is 0.239. The van der Waals surface area contributed by atoms with Crippen LogP contribution < -0.4 is 4.74 Å². The third-order valence-electron chi connectivity index (χ3n) is 3.16. The van der Waals surface area contributed by atoms with Gasteiger partial charge in [-0.3, -0.25) is 0 Å². The Morgan fingerprint density at radius 1 is 1.18 bits per heavy atom. The van der Waals surface area contributed by atoms with Crippen molar-refractivity contribution < 1.29 is 4.74 Å². The van der Waals surface area contributed by atoms with E-state index in [1.165, 1.54) is 25.7 Å². The largest absolute Gasteiger partial charge is 0.489 e. The molecule has 1 fully saturated rings. The maximum atomic E-state index is 9.02. The van der Waals surface area contributed by atoms with E-state index < -0.39 is 0 Å². The summed E-state index contributed by atoms with van der Waals surface area (Å²) >= 11 is 5.93. The first-order valence-electron chi connectivity index (χ1n) is 6.16. The van der Waals surface area contributed by atoms with E-state index in [1.54, 1.807) is 18.2 Å². The molecule has 17 heavy (non-hydrogen) atoms. The third-order valence-corrected chi connectivity index (χ3v) is 3.40. The number of nitriles is 1. The van der Waals surface area contributed by atoms with E-state index in [9.17, 15) is 0 Å². The molecule has 0 heterocycles. The summed E-state index contributed by atoms with van der Waals surface area (Å²) in [7, 11) is 0. The van der Waals surface area contributed by atoms with Gasteiger partial charge in [-0.05, 0) is 37.8 Å². The van der Waals surface area contributed by atoms with Crippen molar-refractivity contribution in [3.63, 3.8) is 0 Å². The molecule has 0 saturated heterocycles. The standard InChI is InChI=1S/C14H16ClNO/c15-12-8-7-11(10-16)14(9-12)17-13-5-3-1-2-4-6-13/h7-9,13H,1-6H2. The summed E-state index contributed by atoms with van der Waals surface area (Å²) in [6, 6.07) is 7.32. The lowest BCUT2D eigenvalue weighted by molar-refractivity contribution is 0.183. The first kappa shape index (κ1) is 12.3. The molecule has 0 spiro atoms. The van der Waals surface area contributed by atoms with Crippen LogP contribution in [0.1, 0.15) is 44.1 Å². The van der Waals surface area contributed by atoms with E-state index in [2.05, 4.69) is 6.07 Å². The molecule has 0 bridgehead atoms. The molecule has 2 nitrogen and oxygen atoms in total. The fraction of sp³-hybridized carbons (Fsp3) is 0.500. The van der Waals surface area contributed by atoms with Crippen LogP contribution in [0.15, 0.2) is 18.2 Å². The Morgan fingerprint density at radius 3 is 2.53 bits per heavy atom. The average Bonchev–Trinajstić information content (AvgIpc) is 2.58. The van der Waals surface area contributed by atoms with Gasteiger partial charge in [0.2, 0.25) is 0 Å². The first-order chi connectivity index (χ1) is 8.29. The van der Waals surface area contributed by atoms with Crippen LogP contribution in [-0.4, -0.2) is 6.10 Å². The number of hydrogen-bond donors (Lipinski definition) is 0. The van der Waals surface area contributed by atoms with E-state index in [0.717, 1.165) is 12.8 Å². The summed E-state index contributed by atoms with van der Waals surface area (Å²) in [5.74, 6) is 0.631. The number of halogens is 1. The molecule has 1 aliphatic carbocycles. The zero-order valence-corrected chi connectivity index (χ0v) is 10.5. The van der Waals surface area contributed by atoms with E-state index in [1.807, 2.05) is 0 Å². The molecule has 0 radical (unpaired) electrons. The van der Waals surface area contributed by atoms with Gasteiger partial charge in [-0.25, -0.2) is 0 Å². The highest BCUT2D eigenvalue weighted by atomic mass is 35.5. The second-order valence-corrected chi connectivity index (χ2v) is 4.92. The Morgan fingerprint density at radius 2 is 1.88 bits per heavy atom. The van der Waals surface area contributed by atoms with Crippen LogP contribution in [0.25, 0.3) is 0 Å². The molecule has 0 unspecified atom stereocenters. The van der Waals surface area contributed by atoms with E-state index in [-0.39, 0.29) is 6.10 Å². The monoisotopic (exact) mass is 249 g/mol. The molecule has 0 atom stereocenters. The van der Waals surface area contributed by atoms with Gasteiger partial charge in [0.15, 0.2) is 0 Å². The Balaban J connectivity index is 2.11. The molecule has 1 aromatic rings. The molecule has 0 amide bonds. The van der Waals surface area contributed by atoms with Gasteiger partial charge in [0, 0.05) is 11.1 Å². The molecule has 2 rings (SSSR count). The van der Waals surface area contributed by atoms with Crippen LogP contribution >= 0.6 is 11.6 Å². The SMILES string of the molecule is N#Cc1ccc(Cl)cc1OC1CCCCCC1. The normalized spacial score (nSPS) is 17.2. The Hall–Kier alpha value is -1.20. The zero-order chi connectivity index (χ0) is 12.1. The number of hydrogen-bond acceptors (Lipinski definition) is 2. The fourth-order valence-corrected chi connectivity index (χ4v) is 2.39. The smallest absolute Gasteiger partial charge is 0.138 e. The molecule has 90 valence electrons. The first-order valence-corrected chi connectivity index (χ1v) is 6.53. The second kappa shape index (κ2) is 5.93. The van der Waals surface area contributed by atoms with Crippen LogP contribution in [0, 0.1) is 11.3 Å². The van der Waals surface area contributed by atoms with Crippen LogP contribution in [0.5, 0.6) is 5.75 Å². The van der Waals surface area contributed by atoms with Crippen molar-refractivity contribution in [1.82, 2.24) is 0 Å². The van der Waals surface area contributed by atoms with Crippen molar-refractivity contribution in [3.05, 3.63) is 28.8 Å². The van der Waals surface area contributed by atoms with Crippen molar-refractivity contribution in [2.45, 2.75) is 44.6 Å². The van der Waals surface area contributed by atoms with Crippen molar-refractivity contribution >= 4 is 11.6 Å². The van der Waals surface area contributed by atoms with Gasteiger partial charge in [-0.1, -0.05) is 24.4 Å². The van der Waals surface area contributed by atoms with Gasteiger partial charge < -0.3 is 4.74 Å². The average molecular weight is 250 g/mol. The summed E-state index contributed by atoms with van der Waals surface area (Å²) in [6.45, 7) is 0. The fourth-order valence-electron chi connectivity index (χ4n) is 2.23. The van der Waals surface area contributed by atoms with Gasteiger partial charge in [-0.2, -0.15) is 5.26 Å². The van der Waals surface area contributed by atoms with Crippen molar-refractivity contribution in [2.24, 2.45) is 0 Å². The molecule has 1 saturated carbocycles. The summed E-state index contributed by atoms with van der Waals surface area (Å²) in [5, 5.41) is 9.64. The van der Waals surface area contributed by atoms with Gasteiger partial charge in [0.05, 0.1) is 11.7 Å². The van der Waals surface area contributed by atoms with E-state index in [0.29, 0.717) is 16.3 Å². The van der Waals surface area contributed by atoms with Gasteiger partial charge >= 0.3 is 0 Å². The summed E-state index contributed by atoms with van der Waals surface area (Å²) < 4.78 is 5.93. The quantitative estimate of drug-likeness (QED) is 0.732. The summed E-state index contributed by atoms with van der Waals surface area (Å²) in [4.78, 5) is 0. The van der Waals surface area contributed by atoms with Crippen molar-refractivity contribution in [2.75, 3.05) is 0 Å². The maximum absolute atomic E-state index is 9.02. The number of ether oxygens (including phenoxy) is 1. The number of nitrogens with zero attached hydrogens (tertiary/aromatic N) is 1. The van der Waals surface area contributed by atoms with Gasteiger partial charge in [-0.15, -0.1) is 0 Å². The highest BCUT2D eigenvalue weighted by Gasteiger charge is 2.15. The minimum absolute atomic E-state index is 0.239. The predicted molar refractivity (Wildman–Crippen MR) is 68.3 cm³/mol. The van der Waals surface area contributed by atoms with Crippen molar-refractivity contribution in [3.8, 4) is 11.8 Å². The van der Waals surface area contributed by atoms with E-state index >= 15 is 0 Å². The lowest BCUT2D eigenvalue weighted by Gasteiger charge is -2.17. The van der Waals surface area contributed by atoms with Crippen LogP contribution in [0.2, 0.25) is 5.02 Å². The van der Waals surface area contributed by atoms with E-state index in [4.69, 9.17) is 21.6 Å². The summed E-state index contributed by atoms with van der Waals surface area (Å²) in [6.07, 6.45) is 7.42. The highest BCUT2D eigenvalue weighted by Crippen LogP contribution is 2.27.